The van der Waals surface area contributed by atoms with Crippen molar-refractivity contribution in [3.63, 3.8) is 0 Å². The number of carbonyl (C=O) groups is 2. The van der Waals surface area contributed by atoms with Crippen molar-refractivity contribution in [1.82, 2.24) is 0 Å². The van der Waals surface area contributed by atoms with E-state index in [4.69, 9.17) is 9.15 Å². The summed E-state index contributed by atoms with van der Waals surface area (Å²) in [7, 11) is 0. The van der Waals surface area contributed by atoms with E-state index in [-0.39, 0.29) is 24.0 Å². The first-order valence-corrected chi connectivity index (χ1v) is 7.91. The van der Waals surface area contributed by atoms with E-state index in [0.717, 1.165) is 0 Å². The highest BCUT2D eigenvalue weighted by Crippen LogP contribution is 2.17. The third kappa shape index (κ3) is 4.36. The summed E-state index contributed by atoms with van der Waals surface area (Å²) in [6.45, 7) is 1.60. The normalized spacial score (nSPS) is 10.4. The van der Waals surface area contributed by atoms with Crippen LogP contribution in [-0.2, 0) is 6.61 Å². The molecule has 0 saturated heterocycles. The molecule has 1 amide bonds. The number of furan rings is 1. The molecule has 0 atom stereocenters. The molecule has 1 heterocycles. The molecule has 0 aliphatic heterocycles. The minimum atomic E-state index is -0.409. The van der Waals surface area contributed by atoms with Crippen LogP contribution in [0.2, 0.25) is 0 Å². The SMILES string of the molecule is CC(=O)c1ccc(NC(=O)c2ccc(COc3ccc(F)cc3)o2)cc1. The van der Waals surface area contributed by atoms with Gasteiger partial charge in [0, 0.05) is 11.3 Å². The number of amides is 1. The monoisotopic (exact) mass is 353 g/mol. The van der Waals surface area contributed by atoms with Crippen molar-refractivity contribution >= 4 is 17.4 Å². The van der Waals surface area contributed by atoms with Crippen LogP contribution in [0.25, 0.3) is 0 Å². The smallest absolute Gasteiger partial charge is 0.291 e. The number of ether oxygens (including phenoxy) is 1. The van der Waals surface area contributed by atoms with Gasteiger partial charge in [-0.05, 0) is 67.6 Å². The largest absolute Gasteiger partial charge is 0.486 e. The molecule has 26 heavy (non-hydrogen) atoms. The van der Waals surface area contributed by atoms with Gasteiger partial charge in [0.15, 0.2) is 11.5 Å². The van der Waals surface area contributed by atoms with Gasteiger partial charge in [0.05, 0.1) is 0 Å². The Hall–Kier alpha value is -3.41. The van der Waals surface area contributed by atoms with E-state index in [1.165, 1.54) is 31.2 Å². The molecule has 0 spiro atoms. The fourth-order valence-electron chi connectivity index (χ4n) is 2.24. The number of halogens is 1. The zero-order chi connectivity index (χ0) is 18.5. The second-order valence-corrected chi connectivity index (χ2v) is 5.60. The number of anilines is 1. The lowest BCUT2D eigenvalue weighted by molar-refractivity contribution is 0.0990. The van der Waals surface area contributed by atoms with E-state index in [9.17, 15) is 14.0 Å². The molecular weight excluding hydrogens is 337 g/mol. The summed E-state index contributed by atoms with van der Waals surface area (Å²) < 4.78 is 23.8. The summed E-state index contributed by atoms with van der Waals surface area (Å²) in [5, 5.41) is 2.69. The Morgan fingerprint density at radius 2 is 1.69 bits per heavy atom. The lowest BCUT2D eigenvalue weighted by atomic mass is 10.1. The molecule has 3 aromatic rings. The van der Waals surface area contributed by atoms with Crippen LogP contribution in [0.3, 0.4) is 0 Å². The maximum Gasteiger partial charge on any atom is 0.291 e. The summed E-state index contributed by atoms with van der Waals surface area (Å²) in [5.74, 6) is 0.308. The third-order valence-corrected chi connectivity index (χ3v) is 3.63. The van der Waals surface area contributed by atoms with Gasteiger partial charge in [0.1, 0.15) is 23.9 Å². The van der Waals surface area contributed by atoms with Gasteiger partial charge >= 0.3 is 0 Å². The van der Waals surface area contributed by atoms with Gasteiger partial charge in [-0.2, -0.15) is 0 Å². The second-order valence-electron chi connectivity index (χ2n) is 5.60. The van der Waals surface area contributed by atoms with E-state index in [1.807, 2.05) is 0 Å². The summed E-state index contributed by atoms with van der Waals surface area (Å²) in [6, 6.07) is 15.4. The Morgan fingerprint density at radius 1 is 1.00 bits per heavy atom. The van der Waals surface area contributed by atoms with Gasteiger partial charge in [-0.3, -0.25) is 9.59 Å². The molecule has 1 aromatic heterocycles. The summed E-state index contributed by atoms with van der Waals surface area (Å²) in [6.07, 6.45) is 0. The number of rotatable bonds is 6. The van der Waals surface area contributed by atoms with Crippen LogP contribution in [0.5, 0.6) is 5.75 Å². The lowest BCUT2D eigenvalue weighted by Gasteiger charge is -2.05. The molecule has 6 heteroatoms. The number of hydrogen-bond donors (Lipinski definition) is 1. The Kier molecular flexibility index (Phi) is 5.12. The molecule has 1 N–H and O–H groups in total. The molecule has 0 saturated carbocycles. The Bertz CT molecular complexity index is 914. The molecule has 0 aliphatic carbocycles. The number of benzene rings is 2. The standard InChI is InChI=1S/C20H16FNO4/c1-13(23)14-2-6-16(7-3-14)22-20(24)19-11-10-18(26-19)12-25-17-8-4-15(21)5-9-17/h2-11H,12H2,1H3,(H,22,24). The second kappa shape index (κ2) is 7.65. The van der Waals surface area contributed by atoms with Crippen LogP contribution < -0.4 is 10.1 Å². The molecule has 5 nitrogen and oxygen atoms in total. The number of carbonyl (C=O) groups excluding carboxylic acids is 2. The molecule has 132 valence electrons. The minimum absolute atomic E-state index is 0.0419. The van der Waals surface area contributed by atoms with Gasteiger partial charge in [-0.1, -0.05) is 0 Å². The van der Waals surface area contributed by atoms with E-state index >= 15 is 0 Å². The van der Waals surface area contributed by atoms with Gasteiger partial charge in [-0.25, -0.2) is 4.39 Å². The van der Waals surface area contributed by atoms with Gasteiger partial charge < -0.3 is 14.5 Å². The highest BCUT2D eigenvalue weighted by molar-refractivity contribution is 6.02. The van der Waals surface area contributed by atoms with Crippen LogP contribution in [0.1, 0.15) is 33.6 Å². The van der Waals surface area contributed by atoms with Crippen molar-refractivity contribution in [3.8, 4) is 5.75 Å². The van der Waals surface area contributed by atoms with Crippen LogP contribution in [0.4, 0.5) is 10.1 Å². The van der Waals surface area contributed by atoms with Crippen molar-refractivity contribution in [1.29, 1.82) is 0 Å². The van der Waals surface area contributed by atoms with Crippen molar-refractivity contribution in [2.45, 2.75) is 13.5 Å². The van der Waals surface area contributed by atoms with Crippen molar-refractivity contribution in [3.05, 3.63) is 83.6 Å². The molecule has 0 radical (unpaired) electrons. The Balaban J connectivity index is 1.58. The number of ketones is 1. The lowest BCUT2D eigenvalue weighted by Crippen LogP contribution is -2.11. The van der Waals surface area contributed by atoms with Crippen molar-refractivity contribution in [2.75, 3.05) is 5.32 Å². The predicted molar refractivity (Wildman–Crippen MR) is 93.8 cm³/mol. The molecular formula is C20H16FNO4. The minimum Gasteiger partial charge on any atom is -0.486 e. The Morgan fingerprint density at radius 3 is 2.35 bits per heavy atom. The van der Waals surface area contributed by atoms with Gasteiger partial charge in [-0.15, -0.1) is 0 Å². The number of hydrogen-bond acceptors (Lipinski definition) is 4. The van der Waals surface area contributed by atoms with Crippen LogP contribution in [-0.4, -0.2) is 11.7 Å². The fourth-order valence-corrected chi connectivity index (χ4v) is 2.24. The van der Waals surface area contributed by atoms with E-state index in [0.29, 0.717) is 22.8 Å². The quantitative estimate of drug-likeness (QED) is 0.665. The van der Waals surface area contributed by atoms with E-state index in [1.54, 1.807) is 36.4 Å². The first kappa shape index (κ1) is 17.4. The molecule has 0 fully saturated rings. The maximum atomic E-state index is 12.8. The Labute approximate surface area is 149 Å². The summed E-state index contributed by atoms with van der Waals surface area (Å²) >= 11 is 0. The van der Waals surface area contributed by atoms with Crippen LogP contribution >= 0.6 is 0 Å². The number of nitrogens with one attached hydrogen (secondary N) is 1. The van der Waals surface area contributed by atoms with Crippen LogP contribution in [0.15, 0.2) is 65.1 Å². The molecule has 0 aliphatic rings. The van der Waals surface area contributed by atoms with Crippen molar-refractivity contribution < 1.29 is 23.1 Å². The fraction of sp³-hybridized carbons (Fsp3) is 0.100. The maximum absolute atomic E-state index is 12.8. The summed E-state index contributed by atoms with van der Waals surface area (Å²) in [4.78, 5) is 23.5. The zero-order valence-electron chi connectivity index (χ0n) is 14.0. The molecule has 2 aromatic carbocycles. The first-order chi connectivity index (χ1) is 12.5. The highest BCUT2D eigenvalue weighted by atomic mass is 19.1. The molecule has 3 rings (SSSR count). The van der Waals surface area contributed by atoms with E-state index < -0.39 is 5.91 Å². The summed E-state index contributed by atoms with van der Waals surface area (Å²) in [5.41, 5.74) is 1.13. The zero-order valence-corrected chi connectivity index (χ0v) is 14.0. The number of Topliss-reactive ketones (excluding diaryl/α,β-unsaturated/α-hetero) is 1. The molecule has 0 unspecified atom stereocenters. The first-order valence-electron chi connectivity index (χ1n) is 7.91. The third-order valence-electron chi connectivity index (χ3n) is 3.63. The van der Waals surface area contributed by atoms with Crippen LogP contribution in [0, 0.1) is 5.82 Å². The molecule has 0 bridgehead atoms. The highest BCUT2D eigenvalue weighted by Gasteiger charge is 2.12. The van der Waals surface area contributed by atoms with Gasteiger partial charge in [0.2, 0.25) is 0 Å². The predicted octanol–water partition coefficient (Wildman–Crippen LogP) is 4.45. The average molecular weight is 353 g/mol. The van der Waals surface area contributed by atoms with Crippen molar-refractivity contribution in [2.24, 2.45) is 0 Å². The van der Waals surface area contributed by atoms with E-state index in [2.05, 4.69) is 5.32 Å². The average Bonchev–Trinajstić information content (AvgIpc) is 3.11. The van der Waals surface area contributed by atoms with Gasteiger partial charge in [0.25, 0.3) is 5.91 Å². The topological polar surface area (TPSA) is 68.5 Å².